The van der Waals surface area contributed by atoms with Crippen LogP contribution in [-0.2, 0) is 14.4 Å². The number of carbonyl (C=O) groups excluding carboxylic acids is 2. The molecule has 2 fully saturated rings. The lowest BCUT2D eigenvalue weighted by atomic mass is 9.90. The number of carboxylic acids is 1. The van der Waals surface area contributed by atoms with Crippen LogP contribution in [0.2, 0.25) is 0 Å². The zero-order chi connectivity index (χ0) is 14.2. The Morgan fingerprint density at radius 1 is 1.37 bits per heavy atom. The van der Waals surface area contributed by atoms with Gasteiger partial charge in [-0.15, -0.1) is 11.8 Å². The Balaban J connectivity index is 2.06. The molecule has 0 spiro atoms. The van der Waals surface area contributed by atoms with Crippen LogP contribution in [0.3, 0.4) is 0 Å². The van der Waals surface area contributed by atoms with E-state index in [0.29, 0.717) is 24.6 Å². The minimum Gasteiger partial charge on any atom is -0.481 e. The molecule has 0 radical (unpaired) electrons. The predicted molar refractivity (Wildman–Crippen MR) is 70.6 cm³/mol. The summed E-state index contributed by atoms with van der Waals surface area (Å²) in [5.41, 5.74) is -0.859. The number of thioether (sulfide) groups is 1. The molecule has 106 valence electrons. The lowest BCUT2D eigenvalue weighted by Gasteiger charge is -2.27. The normalized spacial score (nSPS) is 30.7. The predicted octanol–water partition coefficient (Wildman–Crippen LogP) is 0.231. The monoisotopic (exact) mass is 286 g/mol. The summed E-state index contributed by atoms with van der Waals surface area (Å²) in [6.07, 6.45) is 0.466. The fourth-order valence-electron chi connectivity index (χ4n) is 2.49. The van der Waals surface area contributed by atoms with Crippen molar-refractivity contribution in [2.24, 2.45) is 5.41 Å². The molecule has 0 aliphatic carbocycles. The van der Waals surface area contributed by atoms with Gasteiger partial charge in [0.15, 0.2) is 0 Å². The van der Waals surface area contributed by atoms with E-state index in [-0.39, 0.29) is 18.4 Å². The fourth-order valence-corrected chi connectivity index (χ4v) is 3.70. The molecule has 19 heavy (non-hydrogen) atoms. The lowest BCUT2D eigenvalue weighted by molar-refractivity contribution is -0.148. The minimum absolute atomic E-state index is 0.108. The molecule has 0 unspecified atom stereocenters. The molecule has 0 saturated carbocycles. The second-order valence-corrected chi connectivity index (χ2v) is 6.38. The Morgan fingerprint density at radius 3 is 2.58 bits per heavy atom. The van der Waals surface area contributed by atoms with Crippen LogP contribution in [0.15, 0.2) is 0 Å². The number of amides is 2. The highest BCUT2D eigenvalue weighted by molar-refractivity contribution is 7.99. The van der Waals surface area contributed by atoms with E-state index >= 15 is 0 Å². The van der Waals surface area contributed by atoms with Gasteiger partial charge < -0.3 is 14.9 Å². The van der Waals surface area contributed by atoms with Gasteiger partial charge in [0.05, 0.1) is 11.3 Å². The number of rotatable bonds is 2. The SMILES string of the molecule is CC(=O)N1CSC[C@@H]1C(=O)N1CC[C@@](C)(C(=O)O)C1. The summed E-state index contributed by atoms with van der Waals surface area (Å²) in [6.45, 7) is 3.80. The first kappa shape index (κ1) is 14.2. The summed E-state index contributed by atoms with van der Waals surface area (Å²) in [5.74, 6) is 0.0369. The van der Waals surface area contributed by atoms with Crippen molar-refractivity contribution in [3.63, 3.8) is 0 Å². The van der Waals surface area contributed by atoms with Gasteiger partial charge in [-0.1, -0.05) is 0 Å². The zero-order valence-electron chi connectivity index (χ0n) is 11.1. The van der Waals surface area contributed by atoms with Crippen LogP contribution in [-0.4, -0.2) is 63.5 Å². The summed E-state index contributed by atoms with van der Waals surface area (Å²) in [5, 5.41) is 9.17. The van der Waals surface area contributed by atoms with Gasteiger partial charge in [0.25, 0.3) is 0 Å². The first-order valence-corrected chi connectivity index (χ1v) is 7.38. The van der Waals surface area contributed by atoms with Crippen molar-refractivity contribution < 1.29 is 19.5 Å². The van der Waals surface area contributed by atoms with Crippen molar-refractivity contribution in [3.05, 3.63) is 0 Å². The summed E-state index contributed by atoms with van der Waals surface area (Å²) in [4.78, 5) is 38.2. The molecule has 2 amide bonds. The van der Waals surface area contributed by atoms with Gasteiger partial charge in [0.1, 0.15) is 6.04 Å². The highest BCUT2D eigenvalue weighted by Crippen LogP contribution is 2.32. The summed E-state index contributed by atoms with van der Waals surface area (Å²) >= 11 is 1.55. The van der Waals surface area contributed by atoms with Crippen molar-refractivity contribution in [1.29, 1.82) is 0 Å². The van der Waals surface area contributed by atoms with Gasteiger partial charge in [-0.05, 0) is 13.3 Å². The van der Waals surface area contributed by atoms with Crippen molar-refractivity contribution in [2.75, 3.05) is 24.7 Å². The van der Waals surface area contributed by atoms with Gasteiger partial charge in [-0.2, -0.15) is 0 Å². The van der Waals surface area contributed by atoms with Crippen molar-refractivity contribution in [2.45, 2.75) is 26.3 Å². The van der Waals surface area contributed by atoms with E-state index in [2.05, 4.69) is 0 Å². The molecule has 0 aromatic heterocycles. The first-order chi connectivity index (χ1) is 8.85. The quantitative estimate of drug-likeness (QED) is 0.786. The van der Waals surface area contributed by atoms with E-state index in [4.69, 9.17) is 0 Å². The van der Waals surface area contributed by atoms with Crippen LogP contribution in [0.4, 0.5) is 0 Å². The number of nitrogens with zero attached hydrogens (tertiary/aromatic N) is 2. The summed E-state index contributed by atoms with van der Waals surface area (Å²) in [6, 6.07) is -0.432. The number of hydrogen-bond donors (Lipinski definition) is 1. The van der Waals surface area contributed by atoms with Gasteiger partial charge >= 0.3 is 5.97 Å². The summed E-state index contributed by atoms with van der Waals surface area (Å²) < 4.78 is 0. The fraction of sp³-hybridized carbons (Fsp3) is 0.750. The molecule has 0 bridgehead atoms. The smallest absolute Gasteiger partial charge is 0.311 e. The highest BCUT2D eigenvalue weighted by Gasteiger charge is 2.45. The molecule has 2 aliphatic rings. The second-order valence-electron chi connectivity index (χ2n) is 5.38. The molecule has 2 saturated heterocycles. The molecule has 6 nitrogen and oxygen atoms in total. The van der Waals surface area contributed by atoms with E-state index in [1.54, 1.807) is 28.5 Å². The van der Waals surface area contributed by atoms with E-state index in [0.717, 1.165) is 0 Å². The van der Waals surface area contributed by atoms with Crippen LogP contribution < -0.4 is 0 Å². The largest absolute Gasteiger partial charge is 0.481 e. The Hall–Kier alpha value is -1.24. The number of hydrogen-bond acceptors (Lipinski definition) is 4. The topological polar surface area (TPSA) is 77.9 Å². The van der Waals surface area contributed by atoms with Crippen LogP contribution in [0, 0.1) is 5.41 Å². The van der Waals surface area contributed by atoms with Crippen LogP contribution in [0.5, 0.6) is 0 Å². The molecule has 2 rings (SSSR count). The zero-order valence-corrected chi connectivity index (χ0v) is 11.9. The molecule has 7 heteroatoms. The van der Waals surface area contributed by atoms with E-state index in [1.807, 2.05) is 0 Å². The third-order valence-electron chi connectivity index (χ3n) is 3.87. The first-order valence-electron chi connectivity index (χ1n) is 6.22. The van der Waals surface area contributed by atoms with Crippen molar-refractivity contribution in [1.82, 2.24) is 9.80 Å². The Kier molecular flexibility index (Phi) is 3.75. The van der Waals surface area contributed by atoms with E-state index in [1.165, 1.54) is 6.92 Å². The maximum atomic E-state index is 12.4. The van der Waals surface area contributed by atoms with Crippen molar-refractivity contribution in [3.8, 4) is 0 Å². The van der Waals surface area contributed by atoms with E-state index in [9.17, 15) is 19.5 Å². The third-order valence-corrected chi connectivity index (χ3v) is 4.89. The molecule has 2 atom stereocenters. The number of carboxylic acid groups (broad SMARTS) is 1. The molecule has 2 aliphatic heterocycles. The van der Waals surface area contributed by atoms with Gasteiger partial charge in [0, 0.05) is 25.8 Å². The number of carbonyl (C=O) groups is 3. The van der Waals surface area contributed by atoms with Crippen LogP contribution >= 0.6 is 11.8 Å². The molecule has 0 aromatic carbocycles. The highest BCUT2D eigenvalue weighted by atomic mass is 32.2. The standard InChI is InChI=1S/C12H18N2O4S/c1-8(15)14-7-19-5-9(14)10(16)13-4-3-12(2,6-13)11(17)18/h9H,3-7H2,1-2H3,(H,17,18)/t9-,12-/m1/s1. The summed E-state index contributed by atoms with van der Waals surface area (Å²) in [7, 11) is 0. The molecule has 2 heterocycles. The molecule has 0 aromatic rings. The average Bonchev–Trinajstić information content (AvgIpc) is 2.95. The Labute approximate surface area is 116 Å². The molecule has 1 N–H and O–H groups in total. The van der Waals surface area contributed by atoms with Crippen molar-refractivity contribution >= 4 is 29.5 Å². The molecular weight excluding hydrogens is 268 g/mol. The molecular formula is C12H18N2O4S. The maximum Gasteiger partial charge on any atom is 0.311 e. The third kappa shape index (κ3) is 2.56. The Bertz CT molecular complexity index is 428. The van der Waals surface area contributed by atoms with Crippen LogP contribution in [0.25, 0.3) is 0 Å². The maximum absolute atomic E-state index is 12.4. The minimum atomic E-state index is -0.868. The number of aliphatic carboxylic acids is 1. The van der Waals surface area contributed by atoms with Crippen LogP contribution in [0.1, 0.15) is 20.3 Å². The number of likely N-dealkylation sites (tertiary alicyclic amines) is 1. The van der Waals surface area contributed by atoms with E-state index < -0.39 is 17.4 Å². The Morgan fingerprint density at radius 2 is 2.05 bits per heavy atom. The average molecular weight is 286 g/mol. The van der Waals surface area contributed by atoms with Gasteiger partial charge in [-0.25, -0.2) is 0 Å². The van der Waals surface area contributed by atoms with Gasteiger partial charge in [0.2, 0.25) is 11.8 Å². The van der Waals surface area contributed by atoms with Gasteiger partial charge in [-0.3, -0.25) is 14.4 Å². The lowest BCUT2D eigenvalue weighted by Crippen LogP contribution is -2.48. The second kappa shape index (κ2) is 5.03.